The highest BCUT2D eigenvalue weighted by atomic mass is 35.5. The van der Waals surface area contributed by atoms with Gasteiger partial charge >= 0.3 is 5.77 Å². The van der Waals surface area contributed by atoms with Crippen LogP contribution in [0.5, 0.6) is 5.88 Å². The van der Waals surface area contributed by atoms with E-state index in [1.165, 1.54) is 22.8 Å². The first kappa shape index (κ1) is 20.1. The van der Waals surface area contributed by atoms with E-state index in [1.807, 2.05) is 20.8 Å². The van der Waals surface area contributed by atoms with Gasteiger partial charge in [-0.05, 0) is 27.2 Å². The molecule has 0 spiro atoms. The lowest BCUT2D eigenvalue weighted by Gasteiger charge is -2.16. The fourth-order valence-electron chi connectivity index (χ4n) is 1.53. The van der Waals surface area contributed by atoms with Crippen LogP contribution in [-0.2, 0) is 14.8 Å². The maximum Gasteiger partial charge on any atom is 0.313 e. The van der Waals surface area contributed by atoms with Crippen molar-refractivity contribution in [3.63, 3.8) is 0 Å². The van der Waals surface area contributed by atoms with Gasteiger partial charge in [0.2, 0.25) is 5.88 Å². The first-order valence-corrected chi connectivity index (χ1v) is 12.3. The summed E-state index contributed by atoms with van der Waals surface area (Å²) in [6.07, 6.45) is 0.949. The topological polar surface area (TPSA) is 61.3 Å². The van der Waals surface area contributed by atoms with Crippen LogP contribution in [0, 0.1) is 6.92 Å². The van der Waals surface area contributed by atoms with Gasteiger partial charge in [0.15, 0.2) is 0 Å². The lowest BCUT2D eigenvalue weighted by molar-refractivity contribution is 0.325. The Morgan fingerprint density at radius 1 is 1.18 bits per heavy atom. The van der Waals surface area contributed by atoms with Crippen LogP contribution in [0.2, 0.25) is 5.02 Å². The van der Waals surface area contributed by atoms with Gasteiger partial charge in [0.05, 0.1) is 18.9 Å². The first-order valence-electron chi connectivity index (χ1n) is 7.15. The van der Waals surface area contributed by atoms with Gasteiger partial charge < -0.3 is 9.26 Å². The Morgan fingerprint density at radius 2 is 1.91 bits per heavy atom. The number of ether oxygens (including phenoxy) is 1. The van der Waals surface area contributed by atoms with E-state index in [2.05, 4.69) is 9.97 Å². The van der Waals surface area contributed by atoms with E-state index >= 15 is 0 Å². The molecule has 0 aromatic carbocycles. The van der Waals surface area contributed by atoms with Gasteiger partial charge in [0.1, 0.15) is 10.8 Å². The molecule has 0 aliphatic rings. The van der Waals surface area contributed by atoms with E-state index in [4.69, 9.17) is 20.9 Å². The van der Waals surface area contributed by atoms with Crippen LogP contribution in [0.15, 0.2) is 0 Å². The highest BCUT2D eigenvalue weighted by Crippen LogP contribution is 2.70. The molecule has 1 heterocycles. The molecule has 0 aliphatic carbocycles. The second-order valence-corrected chi connectivity index (χ2v) is 12.1. The number of hydrogen-bond donors (Lipinski definition) is 0. The van der Waals surface area contributed by atoms with Gasteiger partial charge in [-0.3, -0.25) is 4.57 Å². The highest BCUT2D eigenvalue weighted by Gasteiger charge is 2.25. The Morgan fingerprint density at radius 3 is 2.50 bits per heavy atom. The van der Waals surface area contributed by atoms with Crippen LogP contribution in [0.4, 0.5) is 0 Å². The summed E-state index contributed by atoms with van der Waals surface area (Å²) in [5.74, 6) is -0.643. The molecule has 0 radical (unpaired) electrons. The number of rotatable bonds is 10. The van der Waals surface area contributed by atoms with Crippen molar-refractivity contribution in [2.45, 2.75) is 39.9 Å². The average Bonchev–Trinajstić information content (AvgIpc) is 2.48. The number of nitrogens with zero attached hydrogens (tertiary/aromatic N) is 2. The molecule has 0 N–H and O–H groups in total. The smallest absolute Gasteiger partial charge is 0.313 e. The van der Waals surface area contributed by atoms with E-state index in [9.17, 15) is 4.57 Å². The van der Waals surface area contributed by atoms with E-state index in [0.717, 1.165) is 12.2 Å². The second kappa shape index (κ2) is 10.0. The summed E-state index contributed by atoms with van der Waals surface area (Å²) in [6, 6.07) is 0. The van der Waals surface area contributed by atoms with E-state index in [1.54, 1.807) is 6.92 Å². The Hall–Kier alpha value is 0.0600. The third kappa shape index (κ3) is 6.28. The SMILES string of the molecule is CCCSP(=O)(OCC)SCc1nc(C)nc(OCC)c1Cl. The minimum atomic E-state index is -2.79. The molecular weight excluding hydrogens is 363 g/mol. The standard InChI is InChI=1S/C13H22ClN2O3PS2/c1-5-8-21-20(17,19-7-3)22-9-11-12(14)13(18-6-2)16-10(4)15-11/h5-9H2,1-4H3. The Labute approximate surface area is 145 Å². The Balaban J connectivity index is 2.87. The van der Waals surface area contributed by atoms with E-state index in [-0.39, 0.29) is 0 Å². The molecule has 0 fully saturated rings. The van der Waals surface area contributed by atoms with Crippen molar-refractivity contribution >= 4 is 40.1 Å². The molecule has 0 saturated carbocycles. The summed E-state index contributed by atoms with van der Waals surface area (Å²) >= 11 is 8.90. The predicted molar refractivity (Wildman–Crippen MR) is 96.2 cm³/mol. The molecule has 9 heteroatoms. The third-order valence-corrected chi connectivity index (χ3v) is 10.3. The monoisotopic (exact) mass is 384 g/mol. The highest BCUT2D eigenvalue weighted by molar-refractivity contribution is 8.89. The molecule has 126 valence electrons. The lowest BCUT2D eigenvalue weighted by atomic mass is 10.4. The molecule has 1 atom stereocenters. The molecule has 0 bridgehead atoms. The minimum Gasteiger partial charge on any atom is -0.477 e. The summed E-state index contributed by atoms with van der Waals surface area (Å²) in [6.45, 7) is 8.43. The zero-order valence-corrected chi connectivity index (χ0v) is 16.6. The molecule has 1 aromatic heterocycles. The van der Waals surface area contributed by atoms with Crippen LogP contribution in [-0.4, -0.2) is 28.9 Å². The number of halogens is 1. The number of aryl methyl sites for hydroxylation is 1. The van der Waals surface area contributed by atoms with Crippen molar-refractivity contribution in [3.05, 3.63) is 16.5 Å². The first-order chi connectivity index (χ1) is 10.5. The molecule has 0 aliphatic heterocycles. The van der Waals surface area contributed by atoms with Crippen molar-refractivity contribution in [1.29, 1.82) is 0 Å². The maximum absolute atomic E-state index is 12.7. The molecular formula is C13H22ClN2O3PS2. The second-order valence-electron chi connectivity index (χ2n) is 4.24. The Bertz CT molecular complexity index is 534. The molecule has 1 unspecified atom stereocenters. The van der Waals surface area contributed by atoms with Gasteiger partial charge in [-0.25, -0.2) is 4.98 Å². The third-order valence-electron chi connectivity index (χ3n) is 2.38. The quantitative estimate of drug-likeness (QED) is 0.503. The van der Waals surface area contributed by atoms with Crippen molar-refractivity contribution in [3.8, 4) is 5.88 Å². The zero-order valence-electron chi connectivity index (χ0n) is 13.3. The van der Waals surface area contributed by atoms with Crippen LogP contribution >= 0.6 is 40.1 Å². The minimum absolute atomic E-state index is 0.375. The predicted octanol–water partition coefficient (Wildman–Crippen LogP) is 5.36. The summed E-state index contributed by atoms with van der Waals surface area (Å²) in [5.41, 5.74) is 0.625. The normalized spacial score (nSPS) is 13.9. The van der Waals surface area contributed by atoms with Crippen molar-refractivity contribution in [2.24, 2.45) is 0 Å². The maximum atomic E-state index is 12.7. The van der Waals surface area contributed by atoms with Crippen molar-refractivity contribution in [2.75, 3.05) is 19.0 Å². The van der Waals surface area contributed by atoms with Gasteiger partial charge in [0.25, 0.3) is 0 Å². The van der Waals surface area contributed by atoms with Crippen molar-refractivity contribution in [1.82, 2.24) is 9.97 Å². The van der Waals surface area contributed by atoms with Crippen LogP contribution in [0.25, 0.3) is 0 Å². The van der Waals surface area contributed by atoms with Crippen molar-refractivity contribution < 1.29 is 13.8 Å². The average molecular weight is 385 g/mol. The molecule has 0 amide bonds. The van der Waals surface area contributed by atoms with Gasteiger partial charge in [-0.2, -0.15) is 4.98 Å². The van der Waals surface area contributed by atoms with Crippen LogP contribution in [0.1, 0.15) is 38.7 Å². The molecule has 0 saturated heterocycles. The van der Waals surface area contributed by atoms with Crippen LogP contribution < -0.4 is 4.74 Å². The summed E-state index contributed by atoms with van der Waals surface area (Å²) in [5, 5.41) is 0.378. The Kier molecular flexibility index (Phi) is 9.17. The lowest BCUT2D eigenvalue weighted by Crippen LogP contribution is -2.02. The summed E-state index contributed by atoms with van der Waals surface area (Å²) in [4.78, 5) is 8.50. The van der Waals surface area contributed by atoms with Gasteiger partial charge in [-0.15, -0.1) is 0 Å². The van der Waals surface area contributed by atoms with Crippen LogP contribution in [0.3, 0.4) is 0 Å². The largest absolute Gasteiger partial charge is 0.477 e. The van der Waals surface area contributed by atoms with Gasteiger partial charge in [-0.1, -0.05) is 41.3 Å². The van der Waals surface area contributed by atoms with Gasteiger partial charge in [0, 0.05) is 11.5 Å². The van der Waals surface area contributed by atoms with E-state index < -0.39 is 5.77 Å². The van der Waals surface area contributed by atoms with E-state index in [0.29, 0.717) is 41.4 Å². The fraction of sp³-hybridized carbons (Fsp3) is 0.692. The molecule has 1 aromatic rings. The molecule has 1 rings (SSSR count). The summed E-state index contributed by atoms with van der Waals surface area (Å²) < 4.78 is 23.6. The molecule has 5 nitrogen and oxygen atoms in total. The molecule has 22 heavy (non-hydrogen) atoms. The fourth-order valence-corrected chi connectivity index (χ4v) is 8.43. The zero-order chi connectivity index (χ0) is 16.6. The summed E-state index contributed by atoms with van der Waals surface area (Å²) in [7, 11) is 0. The number of aromatic nitrogens is 2. The number of hydrogen-bond acceptors (Lipinski definition) is 7.